The fraction of sp³-hybridized carbons (Fsp3) is 0.619. The Kier molecular flexibility index (Phi) is 5.88. The number of nitrogens with zero attached hydrogens (tertiary/aromatic N) is 2. The predicted octanol–water partition coefficient (Wildman–Crippen LogP) is 1.78. The number of fused-ring (bicyclic) bond motifs is 1. The van der Waals surface area contributed by atoms with Gasteiger partial charge < -0.3 is 25.0 Å². The number of hydrogen-bond acceptors (Lipinski definition) is 4. The van der Waals surface area contributed by atoms with E-state index in [1.807, 2.05) is 29.2 Å². The molecule has 3 aliphatic rings. The summed E-state index contributed by atoms with van der Waals surface area (Å²) < 4.78 is 11.7. The first kappa shape index (κ1) is 18.9. The minimum atomic E-state index is -0.0718. The summed E-state index contributed by atoms with van der Waals surface area (Å²) in [6.07, 6.45) is 5.39. The molecule has 7 nitrogen and oxygen atoms in total. The average molecular weight is 386 g/mol. The second-order valence-electron chi connectivity index (χ2n) is 7.85. The molecule has 1 aliphatic carbocycles. The van der Waals surface area contributed by atoms with Crippen LogP contribution in [-0.4, -0.2) is 62.2 Å². The van der Waals surface area contributed by atoms with E-state index in [2.05, 4.69) is 15.6 Å². The number of benzene rings is 1. The van der Waals surface area contributed by atoms with Gasteiger partial charge in [0.1, 0.15) is 12.7 Å². The summed E-state index contributed by atoms with van der Waals surface area (Å²) in [7, 11) is 1.76. The zero-order valence-corrected chi connectivity index (χ0v) is 16.5. The van der Waals surface area contributed by atoms with Crippen LogP contribution in [0.3, 0.4) is 0 Å². The fourth-order valence-corrected chi connectivity index (χ4v) is 4.27. The van der Waals surface area contributed by atoms with Crippen LogP contribution < -0.4 is 20.1 Å². The smallest absolute Gasteiger partial charge is 0.225 e. The standard InChI is InChI=1S/C21H30N4O3/c1-22-21(23-12-17-14-27-18-8-4-5-9-19(18)28-17)24-16-10-11-25(13-16)20(26)15-6-2-3-7-15/h4-5,8-9,15-17H,2-3,6-7,10-14H2,1H3,(H2,22,23,24). The third kappa shape index (κ3) is 4.34. The quantitative estimate of drug-likeness (QED) is 0.610. The first-order valence-electron chi connectivity index (χ1n) is 10.4. The number of likely N-dealkylation sites (tertiary alicyclic amines) is 1. The largest absolute Gasteiger partial charge is 0.486 e. The number of nitrogens with one attached hydrogen (secondary N) is 2. The Morgan fingerprint density at radius 1 is 1.21 bits per heavy atom. The summed E-state index contributed by atoms with van der Waals surface area (Å²) >= 11 is 0. The normalized spacial score (nSPS) is 25.0. The second kappa shape index (κ2) is 8.71. The summed E-state index contributed by atoms with van der Waals surface area (Å²) in [5.41, 5.74) is 0. The molecule has 152 valence electrons. The third-order valence-corrected chi connectivity index (χ3v) is 5.83. The van der Waals surface area contributed by atoms with Gasteiger partial charge in [-0.05, 0) is 31.4 Å². The van der Waals surface area contributed by atoms with Gasteiger partial charge in [0, 0.05) is 32.1 Å². The molecule has 0 bridgehead atoms. The highest BCUT2D eigenvalue weighted by molar-refractivity contribution is 5.81. The van der Waals surface area contributed by atoms with Gasteiger partial charge in [-0.1, -0.05) is 25.0 Å². The van der Waals surface area contributed by atoms with Crippen LogP contribution in [-0.2, 0) is 4.79 Å². The van der Waals surface area contributed by atoms with Crippen LogP contribution in [0, 0.1) is 5.92 Å². The summed E-state index contributed by atoms with van der Waals surface area (Å²) in [5.74, 6) is 2.90. The van der Waals surface area contributed by atoms with Crippen molar-refractivity contribution in [3.8, 4) is 11.5 Å². The lowest BCUT2D eigenvalue weighted by molar-refractivity contribution is -0.134. The molecule has 1 saturated carbocycles. The number of amides is 1. The first-order valence-corrected chi connectivity index (χ1v) is 10.4. The topological polar surface area (TPSA) is 75.2 Å². The van der Waals surface area contributed by atoms with Crippen LogP contribution in [0.25, 0.3) is 0 Å². The zero-order valence-electron chi connectivity index (χ0n) is 16.5. The van der Waals surface area contributed by atoms with Crippen molar-refractivity contribution in [1.29, 1.82) is 0 Å². The van der Waals surface area contributed by atoms with E-state index >= 15 is 0 Å². The van der Waals surface area contributed by atoms with E-state index < -0.39 is 0 Å². The summed E-state index contributed by atoms with van der Waals surface area (Å²) in [6.45, 7) is 2.70. The highest BCUT2D eigenvalue weighted by Gasteiger charge is 2.32. The minimum absolute atomic E-state index is 0.0718. The third-order valence-electron chi connectivity index (χ3n) is 5.83. The van der Waals surface area contributed by atoms with Gasteiger partial charge in [-0.2, -0.15) is 0 Å². The maximum atomic E-state index is 12.6. The van der Waals surface area contributed by atoms with Crippen LogP contribution in [0.5, 0.6) is 11.5 Å². The Bertz CT molecular complexity index is 717. The van der Waals surface area contributed by atoms with Gasteiger partial charge in [-0.15, -0.1) is 0 Å². The van der Waals surface area contributed by atoms with E-state index in [9.17, 15) is 4.79 Å². The molecule has 0 spiro atoms. The van der Waals surface area contributed by atoms with Gasteiger partial charge in [-0.25, -0.2) is 0 Å². The molecule has 2 atom stereocenters. The van der Waals surface area contributed by atoms with Crippen molar-refractivity contribution in [3.63, 3.8) is 0 Å². The Labute approximate surface area is 166 Å². The maximum Gasteiger partial charge on any atom is 0.225 e. The Morgan fingerprint density at radius 2 is 2.00 bits per heavy atom. The number of aliphatic imine (C=N–C) groups is 1. The average Bonchev–Trinajstić information content (AvgIpc) is 3.42. The molecule has 2 heterocycles. The van der Waals surface area contributed by atoms with Crippen molar-refractivity contribution < 1.29 is 14.3 Å². The van der Waals surface area contributed by atoms with Crippen molar-refractivity contribution in [2.24, 2.45) is 10.9 Å². The van der Waals surface area contributed by atoms with Crippen LogP contribution >= 0.6 is 0 Å². The molecule has 2 fully saturated rings. The Balaban J connectivity index is 1.23. The van der Waals surface area contributed by atoms with Crippen LogP contribution in [0.1, 0.15) is 32.1 Å². The van der Waals surface area contributed by atoms with E-state index in [0.29, 0.717) is 19.1 Å². The van der Waals surface area contributed by atoms with E-state index in [0.717, 1.165) is 49.8 Å². The molecular formula is C21H30N4O3. The summed E-state index contributed by atoms with van der Waals surface area (Å²) in [5, 5.41) is 6.77. The molecule has 2 unspecified atom stereocenters. The SMILES string of the molecule is CN=C(NCC1COc2ccccc2O1)NC1CCN(C(=O)C2CCCC2)C1. The first-order chi connectivity index (χ1) is 13.7. The van der Waals surface area contributed by atoms with Gasteiger partial charge >= 0.3 is 0 Å². The lowest BCUT2D eigenvalue weighted by Crippen LogP contribution is -2.49. The predicted molar refractivity (Wildman–Crippen MR) is 108 cm³/mol. The van der Waals surface area contributed by atoms with Crippen LogP contribution in [0.15, 0.2) is 29.3 Å². The number of ether oxygens (including phenoxy) is 2. The molecule has 0 aromatic heterocycles. The number of carbonyl (C=O) groups excluding carboxylic acids is 1. The highest BCUT2D eigenvalue weighted by Crippen LogP contribution is 2.30. The number of carbonyl (C=O) groups is 1. The highest BCUT2D eigenvalue weighted by atomic mass is 16.6. The fourth-order valence-electron chi connectivity index (χ4n) is 4.27. The monoisotopic (exact) mass is 386 g/mol. The molecule has 1 aromatic rings. The van der Waals surface area contributed by atoms with Crippen LogP contribution in [0.4, 0.5) is 0 Å². The molecule has 7 heteroatoms. The number of hydrogen-bond donors (Lipinski definition) is 2. The molecule has 4 rings (SSSR count). The molecule has 1 amide bonds. The van der Waals surface area contributed by atoms with Gasteiger partial charge in [0.05, 0.1) is 6.54 Å². The molecule has 2 N–H and O–H groups in total. The van der Waals surface area contributed by atoms with E-state index in [4.69, 9.17) is 9.47 Å². The van der Waals surface area contributed by atoms with Crippen molar-refractivity contribution in [1.82, 2.24) is 15.5 Å². The van der Waals surface area contributed by atoms with Gasteiger partial charge in [-0.3, -0.25) is 9.79 Å². The minimum Gasteiger partial charge on any atom is -0.486 e. The van der Waals surface area contributed by atoms with E-state index in [-0.39, 0.29) is 18.1 Å². The molecule has 1 aromatic carbocycles. The lowest BCUT2D eigenvalue weighted by atomic mass is 10.1. The van der Waals surface area contributed by atoms with Crippen molar-refractivity contribution in [2.75, 3.05) is 33.3 Å². The Hall–Kier alpha value is -2.44. The van der Waals surface area contributed by atoms with Crippen LogP contribution in [0.2, 0.25) is 0 Å². The molecule has 28 heavy (non-hydrogen) atoms. The van der Waals surface area contributed by atoms with Gasteiger partial charge in [0.15, 0.2) is 17.5 Å². The van der Waals surface area contributed by atoms with Gasteiger partial charge in [0.2, 0.25) is 5.91 Å². The number of guanidine groups is 1. The number of rotatable bonds is 4. The lowest BCUT2D eigenvalue weighted by Gasteiger charge is -2.27. The molecular weight excluding hydrogens is 356 g/mol. The second-order valence-corrected chi connectivity index (χ2v) is 7.85. The summed E-state index contributed by atoms with van der Waals surface area (Å²) in [6, 6.07) is 7.95. The zero-order chi connectivity index (χ0) is 19.3. The molecule has 2 aliphatic heterocycles. The summed E-state index contributed by atoms with van der Waals surface area (Å²) in [4.78, 5) is 18.9. The maximum absolute atomic E-state index is 12.6. The van der Waals surface area contributed by atoms with E-state index in [1.165, 1.54) is 12.8 Å². The molecule has 1 saturated heterocycles. The van der Waals surface area contributed by atoms with Crippen molar-refractivity contribution in [2.45, 2.75) is 44.2 Å². The van der Waals surface area contributed by atoms with Gasteiger partial charge in [0.25, 0.3) is 0 Å². The van der Waals surface area contributed by atoms with Crippen molar-refractivity contribution in [3.05, 3.63) is 24.3 Å². The Morgan fingerprint density at radius 3 is 2.79 bits per heavy atom. The van der Waals surface area contributed by atoms with Crippen molar-refractivity contribution >= 4 is 11.9 Å². The van der Waals surface area contributed by atoms with E-state index in [1.54, 1.807) is 7.05 Å². The number of para-hydroxylation sites is 2. The molecule has 0 radical (unpaired) electrons.